The van der Waals surface area contributed by atoms with E-state index in [0.29, 0.717) is 22.4 Å². The molecular weight excluding hydrogens is 251 g/mol. The maximum Gasteiger partial charge on any atom is 0.344 e. The molecule has 0 heterocycles. The van der Waals surface area contributed by atoms with Gasteiger partial charge < -0.3 is 9.47 Å². The minimum Gasteiger partial charge on any atom is -0.479 e. The zero-order valence-electron chi connectivity index (χ0n) is 9.05. The summed E-state index contributed by atoms with van der Waals surface area (Å²) in [6.07, 6.45) is 0. The van der Waals surface area contributed by atoms with Crippen LogP contribution in [0.5, 0.6) is 5.75 Å². The molecule has 5 heteroatoms. The van der Waals surface area contributed by atoms with E-state index < -0.39 is 5.97 Å². The Morgan fingerprint density at radius 1 is 1.31 bits per heavy atom. The van der Waals surface area contributed by atoms with E-state index in [2.05, 4.69) is 0 Å². The van der Waals surface area contributed by atoms with Crippen molar-refractivity contribution in [3.8, 4) is 5.75 Å². The fourth-order valence-electron chi connectivity index (χ4n) is 1.16. The zero-order valence-corrected chi connectivity index (χ0v) is 10.6. The number of hydrogen-bond acceptors (Lipinski definition) is 3. The lowest BCUT2D eigenvalue weighted by Gasteiger charge is -2.09. The molecule has 3 nitrogen and oxygen atoms in total. The number of carbonyl (C=O) groups excluding carboxylic acids is 1. The molecule has 0 saturated carbocycles. The van der Waals surface area contributed by atoms with Crippen LogP contribution in [0.25, 0.3) is 0 Å². The highest BCUT2D eigenvalue weighted by atomic mass is 35.5. The number of esters is 1. The van der Waals surface area contributed by atoms with Gasteiger partial charge in [0, 0.05) is 0 Å². The minimum absolute atomic E-state index is 0.198. The molecule has 0 atom stereocenters. The van der Waals surface area contributed by atoms with Crippen molar-refractivity contribution in [3.05, 3.63) is 27.7 Å². The van der Waals surface area contributed by atoms with Crippen molar-refractivity contribution >= 4 is 29.2 Å². The number of hydrogen-bond donors (Lipinski definition) is 0. The lowest BCUT2D eigenvalue weighted by atomic mass is 10.2. The molecule has 0 unspecified atom stereocenters. The molecule has 0 aliphatic carbocycles. The quantitative estimate of drug-likeness (QED) is 0.782. The van der Waals surface area contributed by atoms with Gasteiger partial charge in [-0.25, -0.2) is 4.79 Å². The smallest absolute Gasteiger partial charge is 0.344 e. The van der Waals surface area contributed by atoms with Gasteiger partial charge in [-0.2, -0.15) is 0 Å². The summed E-state index contributed by atoms with van der Waals surface area (Å²) < 4.78 is 9.92. The fourth-order valence-corrected chi connectivity index (χ4v) is 1.86. The molecule has 1 aromatic rings. The molecule has 0 bridgehead atoms. The molecule has 88 valence electrons. The molecule has 0 aliphatic heterocycles. The first-order chi connectivity index (χ1) is 7.54. The molecule has 1 aromatic carbocycles. The lowest BCUT2D eigenvalue weighted by molar-refractivity contribution is -0.145. The summed E-state index contributed by atoms with van der Waals surface area (Å²) in [6.45, 7) is 3.71. The highest BCUT2D eigenvalue weighted by Gasteiger charge is 2.10. The number of aryl methyl sites for hydroxylation is 1. The van der Waals surface area contributed by atoms with Crippen LogP contribution in [0.3, 0.4) is 0 Å². The number of carbonyl (C=O) groups is 1. The van der Waals surface area contributed by atoms with E-state index in [0.717, 1.165) is 5.56 Å². The third kappa shape index (κ3) is 3.58. The third-order valence-corrected chi connectivity index (χ3v) is 2.34. The average molecular weight is 263 g/mol. The molecule has 0 spiro atoms. The Morgan fingerprint density at radius 2 is 1.88 bits per heavy atom. The Labute approximate surface area is 104 Å². The third-order valence-electron chi connectivity index (χ3n) is 1.78. The highest BCUT2D eigenvalue weighted by Crippen LogP contribution is 2.33. The van der Waals surface area contributed by atoms with Gasteiger partial charge in [0.15, 0.2) is 12.4 Å². The van der Waals surface area contributed by atoms with Crippen molar-refractivity contribution in [2.45, 2.75) is 13.8 Å². The molecule has 0 saturated heterocycles. The minimum atomic E-state index is -0.449. The largest absolute Gasteiger partial charge is 0.479 e. The molecular formula is C11H12Cl2O3. The summed E-state index contributed by atoms with van der Waals surface area (Å²) in [4.78, 5) is 11.1. The summed E-state index contributed by atoms with van der Waals surface area (Å²) >= 11 is 11.9. The van der Waals surface area contributed by atoms with Crippen molar-refractivity contribution in [2.24, 2.45) is 0 Å². The number of halogens is 2. The van der Waals surface area contributed by atoms with E-state index in [-0.39, 0.29) is 6.61 Å². The summed E-state index contributed by atoms with van der Waals surface area (Å²) in [5.74, 6) is -0.141. The Kier molecular flexibility index (Phi) is 4.90. The first-order valence-corrected chi connectivity index (χ1v) is 5.54. The predicted octanol–water partition coefficient (Wildman–Crippen LogP) is 3.24. The van der Waals surface area contributed by atoms with Crippen LogP contribution in [0.2, 0.25) is 10.0 Å². The standard InChI is InChI=1S/C11H12Cl2O3/c1-3-15-10(14)6-16-11-8(12)4-7(2)5-9(11)13/h4-5H,3,6H2,1-2H3. The number of rotatable bonds is 4. The molecule has 0 radical (unpaired) electrons. The number of benzene rings is 1. The SMILES string of the molecule is CCOC(=O)COc1c(Cl)cc(C)cc1Cl. The highest BCUT2D eigenvalue weighted by molar-refractivity contribution is 6.37. The predicted molar refractivity (Wildman–Crippen MR) is 63.3 cm³/mol. The summed E-state index contributed by atoms with van der Waals surface area (Å²) in [5, 5.41) is 0.767. The van der Waals surface area contributed by atoms with Crippen molar-refractivity contribution in [3.63, 3.8) is 0 Å². The molecule has 0 amide bonds. The first kappa shape index (κ1) is 13.1. The molecule has 0 aliphatic rings. The van der Waals surface area contributed by atoms with Gasteiger partial charge in [-0.05, 0) is 31.5 Å². The lowest BCUT2D eigenvalue weighted by Crippen LogP contribution is -2.14. The van der Waals surface area contributed by atoms with Gasteiger partial charge in [0.1, 0.15) is 0 Å². The molecule has 0 N–H and O–H groups in total. The summed E-state index contributed by atoms with van der Waals surface area (Å²) in [6, 6.07) is 3.43. The van der Waals surface area contributed by atoms with Gasteiger partial charge in [-0.1, -0.05) is 23.2 Å². The van der Waals surface area contributed by atoms with E-state index >= 15 is 0 Å². The number of ether oxygens (including phenoxy) is 2. The van der Waals surface area contributed by atoms with Crippen LogP contribution in [0.15, 0.2) is 12.1 Å². The summed E-state index contributed by atoms with van der Waals surface area (Å²) in [5.41, 5.74) is 0.929. The summed E-state index contributed by atoms with van der Waals surface area (Å²) in [7, 11) is 0. The topological polar surface area (TPSA) is 35.5 Å². The van der Waals surface area contributed by atoms with Gasteiger partial charge in [-0.3, -0.25) is 0 Å². The molecule has 1 rings (SSSR count). The van der Waals surface area contributed by atoms with E-state index in [1.807, 2.05) is 6.92 Å². The van der Waals surface area contributed by atoms with E-state index in [4.69, 9.17) is 32.7 Å². The van der Waals surface area contributed by atoms with Crippen LogP contribution < -0.4 is 4.74 Å². The second-order valence-electron chi connectivity index (χ2n) is 3.15. The average Bonchev–Trinajstić information content (AvgIpc) is 2.16. The van der Waals surface area contributed by atoms with Crippen LogP contribution in [0.4, 0.5) is 0 Å². The maximum absolute atomic E-state index is 11.1. The van der Waals surface area contributed by atoms with Crippen LogP contribution >= 0.6 is 23.2 Å². The first-order valence-electron chi connectivity index (χ1n) is 4.78. The Hall–Kier alpha value is -0.930. The van der Waals surface area contributed by atoms with Gasteiger partial charge in [-0.15, -0.1) is 0 Å². The maximum atomic E-state index is 11.1. The molecule has 0 fully saturated rings. The van der Waals surface area contributed by atoms with Gasteiger partial charge in [0.2, 0.25) is 0 Å². The van der Waals surface area contributed by atoms with E-state index in [1.165, 1.54) is 0 Å². The molecule has 16 heavy (non-hydrogen) atoms. The normalized spacial score (nSPS) is 10.0. The van der Waals surface area contributed by atoms with Crippen LogP contribution in [0, 0.1) is 6.92 Å². The Morgan fingerprint density at radius 3 is 2.38 bits per heavy atom. The van der Waals surface area contributed by atoms with Gasteiger partial charge in [0.05, 0.1) is 16.7 Å². The van der Waals surface area contributed by atoms with Gasteiger partial charge in [0.25, 0.3) is 0 Å². The fraction of sp³-hybridized carbons (Fsp3) is 0.364. The Balaban J connectivity index is 2.70. The second-order valence-corrected chi connectivity index (χ2v) is 3.97. The van der Waals surface area contributed by atoms with Crippen LogP contribution in [0.1, 0.15) is 12.5 Å². The van der Waals surface area contributed by atoms with E-state index in [1.54, 1.807) is 19.1 Å². The van der Waals surface area contributed by atoms with Crippen LogP contribution in [-0.2, 0) is 9.53 Å². The Bertz CT molecular complexity index is 368. The van der Waals surface area contributed by atoms with Crippen LogP contribution in [-0.4, -0.2) is 19.2 Å². The van der Waals surface area contributed by atoms with Crippen molar-refractivity contribution < 1.29 is 14.3 Å². The monoisotopic (exact) mass is 262 g/mol. The molecule has 0 aromatic heterocycles. The van der Waals surface area contributed by atoms with Crippen molar-refractivity contribution in [1.29, 1.82) is 0 Å². The van der Waals surface area contributed by atoms with E-state index in [9.17, 15) is 4.79 Å². The second kappa shape index (κ2) is 5.97. The van der Waals surface area contributed by atoms with Gasteiger partial charge >= 0.3 is 5.97 Å². The zero-order chi connectivity index (χ0) is 12.1. The van der Waals surface area contributed by atoms with Crippen molar-refractivity contribution in [2.75, 3.05) is 13.2 Å². The van der Waals surface area contributed by atoms with Crippen molar-refractivity contribution in [1.82, 2.24) is 0 Å².